The van der Waals surface area contributed by atoms with Crippen LogP contribution in [-0.2, 0) is 6.54 Å². The van der Waals surface area contributed by atoms with Gasteiger partial charge in [-0.3, -0.25) is 0 Å². The SMILES string of the molecule is CSC1CCC(NCc2cccc(Cl)c2F)C1. The molecule has 0 bridgehead atoms. The maximum Gasteiger partial charge on any atom is 0.146 e. The van der Waals surface area contributed by atoms with Crippen LogP contribution < -0.4 is 5.32 Å². The highest BCUT2D eigenvalue weighted by molar-refractivity contribution is 7.99. The van der Waals surface area contributed by atoms with Crippen LogP contribution in [-0.4, -0.2) is 17.5 Å². The molecule has 4 heteroatoms. The van der Waals surface area contributed by atoms with Crippen molar-refractivity contribution in [2.24, 2.45) is 0 Å². The van der Waals surface area contributed by atoms with Crippen LogP contribution in [0.1, 0.15) is 24.8 Å². The van der Waals surface area contributed by atoms with Crippen molar-refractivity contribution in [1.82, 2.24) is 5.32 Å². The Morgan fingerprint density at radius 3 is 3.00 bits per heavy atom. The summed E-state index contributed by atoms with van der Waals surface area (Å²) in [7, 11) is 0. The summed E-state index contributed by atoms with van der Waals surface area (Å²) in [6.07, 6.45) is 5.79. The van der Waals surface area contributed by atoms with Crippen LogP contribution >= 0.6 is 23.4 Å². The van der Waals surface area contributed by atoms with Crippen molar-refractivity contribution in [3.8, 4) is 0 Å². The second kappa shape index (κ2) is 6.07. The smallest absolute Gasteiger partial charge is 0.146 e. The van der Waals surface area contributed by atoms with Gasteiger partial charge in [0.1, 0.15) is 5.82 Å². The van der Waals surface area contributed by atoms with E-state index in [0.717, 1.165) is 5.25 Å². The van der Waals surface area contributed by atoms with Crippen LogP contribution in [0.2, 0.25) is 5.02 Å². The van der Waals surface area contributed by atoms with Crippen LogP contribution in [0.5, 0.6) is 0 Å². The predicted molar refractivity (Wildman–Crippen MR) is 73.2 cm³/mol. The summed E-state index contributed by atoms with van der Waals surface area (Å²) >= 11 is 7.68. The molecule has 94 valence electrons. The Morgan fingerprint density at radius 1 is 1.47 bits per heavy atom. The van der Waals surface area contributed by atoms with Gasteiger partial charge in [-0.2, -0.15) is 11.8 Å². The minimum absolute atomic E-state index is 0.206. The van der Waals surface area contributed by atoms with E-state index in [1.807, 2.05) is 11.8 Å². The largest absolute Gasteiger partial charge is 0.310 e. The van der Waals surface area contributed by atoms with Gasteiger partial charge in [-0.15, -0.1) is 0 Å². The highest BCUT2D eigenvalue weighted by atomic mass is 35.5. The third-order valence-corrected chi connectivity index (χ3v) is 4.72. The molecule has 1 aromatic carbocycles. The molecule has 0 aromatic heterocycles. The van der Waals surface area contributed by atoms with E-state index in [4.69, 9.17) is 11.6 Å². The molecule has 1 nitrogen and oxygen atoms in total. The molecule has 1 aromatic rings. The highest BCUT2D eigenvalue weighted by Crippen LogP contribution is 2.28. The Morgan fingerprint density at radius 2 is 2.29 bits per heavy atom. The highest BCUT2D eigenvalue weighted by Gasteiger charge is 2.23. The van der Waals surface area contributed by atoms with E-state index in [1.165, 1.54) is 19.3 Å². The van der Waals surface area contributed by atoms with Gasteiger partial charge in [0.05, 0.1) is 5.02 Å². The molecule has 1 saturated carbocycles. The molecule has 0 saturated heterocycles. The monoisotopic (exact) mass is 273 g/mol. The lowest BCUT2D eigenvalue weighted by Crippen LogP contribution is -2.26. The van der Waals surface area contributed by atoms with Gasteiger partial charge in [0.15, 0.2) is 0 Å². The first-order valence-corrected chi connectivity index (χ1v) is 7.56. The lowest BCUT2D eigenvalue weighted by Gasteiger charge is -2.13. The molecule has 0 heterocycles. The average Bonchev–Trinajstić information content (AvgIpc) is 2.79. The van der Waals surface area contributed by atoms with Gasteiger partial charge in [0, 0.05) is 23.4 Å². The summed E-state index contributed by atoms with van der Waals surface area (Å²) in [6, 6.07) is 5.68. The summed E-state index contributed by atoms with van der Waals surface area (Å²) in [6.45, 7) is 0.568. The van der Waals surface area contributed by atoms with E-state index >= 15 is 0 Å². The van der Waals surface area contributed by atoms with Gasteiger partial charge in [-0.25, -0.2) is 4.39 Å². The number of rotatable bonds is 4. The lowest BCUT2D eigenvalue weighted by atomic mass is 10.2. The van der Waals surface area contributed by atoms with Gasteiger partial charge in [-0.1, -0.05) is 23.7 Å². The minimum atomic E-state index is -0.291. The summed E-state index contributed by atoms with van der Waals surface area (Å²) in [5, 5.41) is 4.39. The number of thioether (sulfide) groups is 1. The van der Waals surface area contributed by atoms with E-state index < -0.39 is 0 Å². The quantitative estimate of drug-likeness (QED) is 0.894. The first-order chi connectivity index (χ1) is 8.20. The fraction of sp³-hybridized carbons (Fsp3) is 0.538. The number of hydrogen-bond acceptors (Lipinski definition) is 2. The van der Waals surface area contributed by atoms with Crippen LogP contribution in [0.25, 0.3) is 0 Å². The van der Waals surface area contributed by atoms with Crippen LogP contribution in [0.4, 0.5) is 4.39 Å². The minimum Gasteiger partial charge on any atom is -0.310 e. The van der Waals surface area contributed by atoms with Crippen LogP contribution in [0.15, 0.2) is 18.2 Å². The third kappa shape index (κ3) is 3.36. The first kappa shape index (κ1) is 13.2. The maximum absolute atomic E-state index is 13.6. The van der Waals surface area contributed by atoms with E-state index in [0.29, 0.717) is 18.2 Å². The van der Waals surface area contributed by atoms with Crippen molar-refractivity contribution in [3.05, 3.63) is 34.6 Å². The Labute approximate surface area is 111 Å². The van der Waals surface area contributed by atoms with Crippen molar-refractivity contribution >= 4 is 23.4 Å². The summed E-state index contributed by atoms with van der Waals surface area (Å²) in [5.41, 5.74) is 0.658. The standard InChI is InChI=1S/C13H17ClFNS/c1-17-11-6-5-10(7-11)16-8-9-3-2-4-12(14)13(9)15/h2-4,10-11,16H,5-8H2,1H3. The average molecular weight is 274 g/mol. The number of benzene rings is 1. The Balaban J connectivity index is 1.88. The summed E-state index contributed by atoms with van der Waals surface area (Å²) in [4.78, 5) is 0. The van der Waals surface area contributed by atoms with E-state index in [2.05, 4.69) is 11.6 Å². The predicted octanol–water partition coefficient (Wildman–Crippen LogP) is 3.85. The Hall–Kier alpha value is -0.250. The number of halogens is 2. The fourth-order valence-corrected chi connectivity index (χ4v) is 3.27. The molecule has 2 atom stereocenters. The second-order valence-electron chi connectivity index (χ2n) is 4.46. The van der Waals surface area contributed by atoms with Crippen LogP contribution in [0.3, 0.4) is 0 Å². The van der Waals surface area contributed by atoms with E-state index in [1.54, 1.807) is 18.2 Å². The van der Waals surface area contributed by atoms with Gasteiger partial charge < -0.3 is 5.32 Å². The lowest BCUT2D eigenvalue weighted by molar-refractivity contribution is 0.509. The molecule has 17 heavy (non-hydrogen) atoms. The zero-order valence-corrected chi connectivity index (χ0v) is 11.5. The molecule has 0 spiro atoms. The zero-order chi connectivity index (χ0) is 12.3. The third-order valence-electron chi connectivity index (χ3n) is 3.33. The molecule has 2 rings (SSSR count). The number of hydrogen-bond donors (Lipinski definition) is 1. The van der Waals surface area contributed by atoms with Crippen molar-refractivity contribution < 1.29 is 4.39 Å². The molecule has 0 aliphatic heterocycles. The van der Waals surface area contributed by atoms with Gasteiger partial charge in [0.25, 0.3) is 0 Å². The fourth-order valence-electron chi connectivity index (χ4n) is 2.28. The van der Waals surface area contributed by atoms with Crippen molar-refractivity contribution in [1.29, 1.82) is 0 Å². The molecule has 1 aliphatic rings. The molecule has 0 radical (unpaired) electrons. The Bertz CT molecular complexity index is 386. The van der Waals surface area contributed by atoms with E-state index in [9.17, 15) is 4.39 Å². The normalized spacial score (nSPS) is 24.2. The first-order valence-electron chi connectivity index (χ1n) is 5.89. The summed E-state index contributed by atoms with van der Waals surface area (Å²) in [5.74, 6) is -0.291. The molecule has 0 amide bonds. The van der Waals surface area contributed by atoms with Gasteiger partial charge in [0.2, 0.25) is 0 Å². The van der Waals surface area contributed by atoms with Crippen molar-refractivity contribution in [3.63, 3.8) is 0 Å². The van der Waals surface area contributed by atoms with Gasteiger partial charge in [-0.05, 0) is 31.6 Å². The van der Waals surface area contributed by atoms with Crippen molar-refractivity contribution in [2.75, 3.05) is 6.26 Å². The van der Waals surface area contributed by atoms with Crippen molar-refractivity contribution in [2.45, 2.75) is 37.1 Å². The van der Waals surface area contributed by atoms with Gasteiger partial charge >= 0.3 is 0 Å². The molecular formula is C13H17ClFNS. The van der Waals surface area contributed by atoms with Crippen LogP contribution in [0, 0.1) is 5.82 Å². The topological polar surface area (TPSA) is 12.0 Å². The maximum atomic E-state index is 13.6. The molecule has 2 unspecified atom stereocenters. The molecule has 1 aliphatic carbocycles. The Kier molecular flexibility index (Phi) is 4.71. The van der Waals surface area contributed by atoms with E-state index in [-0.39, 0.29) is 10.8 Å². The molecule has 1 fully saturated rings. The summed E-state index contributed by atoms with van der Waals surface area (Å²) < 4.78 is 13.6. The zero-order valence-electron chi connectivity index (χ0n) is 9.88. The molecule has 1 N–H and O–H groups in total. The second-order valence-corrected chi connectivity index (χ2v) is 6.01. The number of nitrogens with one attached hydrogen (secondary N) is 1. The molecular weight excluding hydrogens is 257 g/mol.